The van der Waals surface area contributed by atoms with E-state index >= 15 is 0 Å². The molecule has 0 spiro atoms. The van der Waals surface area contributed by atoms with Crippen LogP contribution in [0.25, 0.3) is 11.1 Å². The number of carbonyl (C=O) groups excluding carboxylic acids is 2. The van der Waals surface area contributed by atoms with Crippen molar-refractivity contribution in [3.63, 3.8) is 0 Å². The van der Waals surface area contributed by atoms with E-state index in [9.17, 15) is 9.59 Å². The second-order valence-corrected chi connectivity index (χ2v) is 7.58. The fourth-order valence-corrected chi connectivity index (χ4v) is 3.79. The monoisotopic (exact) mass is 415 g/mol. The van der Waals surface area contributed by atoms with Crippen LogP contribution in [0.3, 0.4) is 0 Å². The number of benzene rings is 2. The molecule has 2 heterocycles. The van der Waals surface area contributed by atoms with Crippen LogP contribution in [-0.4, -0.2) is 48.4 Å². The van der Waals surface area contributed by atoms with Crippen molar-refractivity contribution in [1.82, 2.24) is 15.2 Å². The lowest BCUT2D eigenvalue weighted by molar-refractivity contribution is -0.124. The van der Waals surface area contributed by atoms with Crippen LogP contribution in [0, 0.1) is 5.92 Å². The minimum Gasteiger partial charge on any atom is -0.497 e. The maximum atomic E-state index is 12.8. The van der Waals surface area contributed by atoms with Crippen molar-refractivity contribution in [3.05, 3.63) is 84.2 Å². The topological polar surface area (TPSA) is 71.5 Å². The molecule has 1 saturated heterocycles. The van der Waals surface area contributed by atoms with Gasteiger partial charge in [0.15, 0.2) is 0 Å². The van der Waals surface area contributed by atoms with Gasteiger partial charge in [-0.05, 0) is 47.4 Å². The summed E-state index contributed by atoms with van der Waals surface area (Å²) < 4.78 is 5.21. The second-order valence-electron chi connectivity index (χ2n) is 7.58. The van der Waals surface area contributed by atoms with E-state index in [1.807, 2.05) is 36.4 Å². The van der Waals surface area contributed by atoms with Gasteiger partial charge in [-0.1, -0.05) is 42.5 Å². The quantitative estimate of drug-likeness (QED) is 0.695. The standard InChI is InChI=1S/C25H25N3O3/c1-31-22-11-9-20(10-12-22)19-7-5-18(6-8-19)16-21-17-28(15-14-27-24(21)29)25(30)23-4-2-3-13-26-23/h2-13,21H,14-17H2,1H3,(H,27,29)/t21-/m1/s1. The first-order valence-corrected chi connectivity index (χ1v) is 10.4. The van der Waals surface area contributed by atoms with Crippen molar-refractivity contribution in [2.75, 3.05) is 26.7 Å². The molecule has 0 unspecified atom stereocenters. The van der Waals surface area contributed by atoms with E-state index in [4.69, 9.17) is 4.74 Å². The first-order chi connectivity index (χ1) is 15.1. The zero-order valence-corrected chi connectivity index (χ0v) is 17.5. The molecule has 1 fully saturated rings. The Hall–Kier alpha value is -3.67. The lowest BCUT2D eigenvalue weighted by Gasteiger charge is -2.23. The molecule has 1 aromatic heterocycles. The van der Waals surface area contributed by atoms with Gasteiger partial charge in [-0.2, -0.15) is 0 Å². The number of nitrogens with one attached hydrogen (secondary N) is 1. The van der Waals surface area contributed by atoms with Crippen LogP contribution < -0.4 is 10.1 Å². The fraction of sp³-hybridized carbons (Fsp3) is 0.240. The van der Waals surface area contributed by atoms with Gasteiger partial charge < -0.3 is 15.0 Å². The lowest BCUT2D eigenvalue weighted by atomic mass is 9.96. The van der Waals surface area contributed by atoms with Crippen LogP contribution in [0.4, 0.5) is 0 Å². The largest absolute Gasteiger partial charge is 0.497 e. The summed E-state index contributed by atoms with van der Waals surface area (Å²) in [5.74, 6) is 0.360. The van der Waals surface area contributed by atoms with E-state index in [1.165, 1.54) is 0 Å². The Bertz CT molecular complexity index is 1030. The summed E-state index contributed by atoms with van der Waals surface area (Å²) in [6.45, 7) is 1.31. The molecular weight excluding hydrogens is 390 g/mol. The molecule has 1 aliphatic rings. The van der Waals surface area contributed by atoms with Crippen LogP contribution in [0.2, 0.25) is 0 Å². The molecule has 1 N–H and O–H groups in total. The molecular formula is C25H25N3O3. The summed E-state index contributed by atoms with van der Waals surface area (Å²) in [6.07, 6.45) is 2.18. The Labute approximate surface area is 181 Å². The van der Waals surface area contributed by atoms with Gasteiger partial charge in [0.2, 0.25) is 5.91 Å². The zero-order chi connectivity index (χ0) is 21.6. The number of nitrogens with zero attached hydrogens (tertiary/aromatic N) is 2. The summed E-state index contributed by atoms with van der Waals surface area (Å²) in [5.41, 5.74) is 3.67. The summed E-state index contributed by atoms with van der Waals surface area (Å²) in [5, 5.41) is 2.93. The molecule has 0 radical (unpaired) electrons. The first-order valence-electron chi connectivity index (χ1n) is 10.4. The second kappa shape index (κ2) is 9.43. The van der Waals surface area contributed by atoms with E-state index in [1.54, 1.807) is 36.4 Å². The molecule has 2 aromatic carbocycles. The number of rotatable bonds is 5. The van der Waals surface area contributed by atoms with Crippen LogP contribution in [-0.2, 0) is 11.2 Å². The third-order valence-electron chi connectivity index (χ3n) is 5.52. The average Bonchev–Trinajstić information content (AvgIpc) is 3.01. The number of methoxy groups -OCH3 is 1. The highest BCUT2D eigenvalue weighted by Crippen LogP contribution is 2.24. The number of hydrogen-bond acceptors (Lipinski definition) is 4. The summed E-state index contributed by atoms with van der Waals surface area (Å²) >= 11 is 0. The number of pyridine rings is 1. The predicted molar refractivity (Wildman–Crippen MR) is 119 cm³/mol. The number of carbonyl (C=O) groups is 2. The molecule has 31 heavy (non-hydrogen) atoms. The highest BCUT2D eigenvalue weighted by molar-refractivity contribution is 5.93. The smallest absolute Gasteiger partial charge is 0.272 e. The van der Waals surface area contributed by atoms with Gasteiger partial charge in [0, 0.05) is 25.8 Å². The maximum absolute atomic E-state index is 12.8. The Morgan fingerprint density at radius 1 is 1.06 bits per heavy atom. The van der Waals surface area contributed by atoms with Gasteiger partial charge in [0.1, 0.15) is 11.4 Å². The molecule has 158 valence electrons. The minimum atomic E-state index is -0.304. The van der Waals surface area contributed by atoms with Crippen LogP contribution in [0.15, 0.2) is 72.9 Å². The van der Waals surface area contributed by atoms with Gasteiger partial charge in [0.25, 0.3) is 5.91 Å². The molecule has 0 aliphatic carbocycles. The maximum Gasteiger partial charge on any atom is 0.272 e. The highest BCUT2D eigenvalue weighted by atomic mass is 16.5. The Morgan fingerprint density at radius 2 is 1.77 bits per heavy atom. The summed E-state index contributed by atoms with van der Waals surface area (Å²) in [4.78, 5) is 31.3. The van der Waals surface area contributed by atoms with Crippen molar-refractivity contribution in [2.45, 2.75) is 6.42 Å². The molecule has 6 heteroatoms. The molecule has 4 rings (SSSR count). The van der Waals surface area contributed by atoms with Crippen molar-refractivity contribution >= 4 is 11.8 Å². The third-order valence-corrected chi connectivity index (χ3v) is 5.52. The van der Waals surface area contributed by atoms with Gasteiger partial charge >= 0.3 is 0 Å². The van der Waals surface area contributed by atoms with Gasteiger partial charge in [0.05, 0.1) is 13.0 Å². The molecule has 6 nitrogen and oxygen atoms in total. The van der Waals surface area contributed by atoms with Crippen LogP contribution >= 0.6 is 0 Å². The number of ether oxygens (including phenoxy) is 1. The van der Waals surface area contributed by atoms with E-state index in [0.29, 0.717) is 31.7 Å². The molecule has 0 bridgehead atoms. The lowest BCUT2D eigenvalue weighted by Crippen LogP contribution is -2.37. The number of amides is 2. The SMILES string of the molecule is COc1ccc(-c2ccc(C[C@@H]3CN(C(=O)c4ccccn4)CCNC3=O)cc2)cc1. The van der Waals surface area contributed by atoms with E-state index in [-0.39, 0.29) is 17.7 Å². The average molecular weight is 415 g/mol. The van der Waals surface area contributed by atoms with Crippen molar-refractivity contribution in [3.8, 4) is 16.9 Å². The van der Waals surface area contributed by atoms with E-state index in [2.05, 4.69) is 22.4 Å². The summed E-state index contributed by atoms with van der Waals surface area (Å²) in [7, 11) is 1.65. The molecule has 1 aliphatic heterocycles. The van der Waals surface area contributed by atoms with Crippen LogP contribution in [0.5, 0.6) is 5.75 Å². The number of hydrogen-bond donors (Lipinski definition) is 1. The zero-order valence-electron chi connectivity index (χ0n) is 17.5. The first kappa shape index (κ1) is 20.6. The van der Waals surface area contributed by atoms with E-state index < -0.39 is 0 Å². The van der Waals surface area contributed by atoms with Crippen molar-refractivity contribution in [1.29, 1.82) is 0 Å². The minimum absolute atomic E-state index is 0.0180. The third kappa shape index (κ3) is 4.91. The Balaban J connectivity index is 1.46. The van der Waals surface area contributed by atoms with Crippen LogP contribution in [0.1, 0.15) is 16.1 Å². The Kier molecular flexibility index (Phi) is 6.26. The van der Waals surface area contributed by atoms with Gasteiger partial charge in [-0.15, -0.1) is 0 Å². The summed E-state index contributed by atoms with van der Waals surface area (Å²) in [6, 6.07) is 21.4. The molecule has 0 saturated carbocycles. The fourth-order valence-electron chi connectivity index (χ4n) is 3.79. The number of aromatic nitrogens is 1. The predicted octanol–water partition coefficient (Wildman–Crippen LogP) is 3.19. The highest BCUT2D eigenvalue weighted by Gasteiger charge is 2.28. The molecule has 2 amide bonds. The van der Waals surface area contributed by atoms with Gasteiger partial charge in [-0.25, -0.2) is 0 Å². The van der Waals surface area contributed by atoms with Crippen molar-refractivity contribution in [2.24, 2.45) is 5.92 Å². The molecule has 3 aromatic rings. The Morgan fingerprint density at radius 3 is 2.42 bits per heavy atom. The van der Waals surface area contributed by atoms with Crippen molar-refractivity contribution < 1.29 is 14.3 Å². The van der Waals surface area contributed by atoms with Gasteiger partial charge in [-0.3, -0.25) is 14.6 Å². The molecule has 1 atom stereocenters. The normalized spacial score (nSPS) is 16.4. The van der Waals surface area contributed by atoms with E-state index in [0.717, 1.165) is 22.4 Å².